The van der Waals surface area contributed by atoms with Crippen LogP contribution >= 0.6 is 0 Å². The van der Waals surface area contributed by atoms with Crippen LogP contribution in [0.4, 0.5) is 0 Å². The van der Waals surface area contributed by atoms with Crippen LogP contribution in [-0.2, 0) is 24.1 Å². The van der Waals surface area contributed by atoms with Crippen molar-refractivity contribution in [2.75, 3.05) is 7.11 Å². The summed E-state index contributed by atoms with van der Waals surface area (Å²) in [5, 5.41) is 3.24. The van der Waals surface area contributed by atoms with Gasteiger partial charge in [-0.05, 0) is 97.9 Å². The highest BCUT2D eigenvalue weighted by atomic mass is 16.5. The van der Waals surface area contributed by atoms with Crippen molar-refractivity contribution in [3.05, 3.63) is 58.7 Å². The van der Waals surface area contributed by atoms with Crippen molar-refractivity contribution in [3.8, 4) is 11.5 Å². The summed E-state index contributed by atoms with van der Waals surface area (Å²) in [6, 6.07) is 12.5. The number of hydrogen-bond acceptors (Lipinski definition) is 3. The maximum atomic E-state index is 13.0. The van der Waals surface area contributed by atoms with Gasteiger partial charge in [-0.1, -0.05) is 19.1 Å². The SMILES string of the molecule is CC[C@@H](Oc1ccc2c(c1)CCCC2)C(=O)N[C@H]1CCCc2cc(OC)ccc21. The van der Waals surface area contributed by atoms with Crippen molar-refractivity contribution in [3.63, 3.8) is 0 Å². The number of benzene rings is 2. The average Bonchev–Trinajstić information content (AvgIpc) is 2.77. The van der Waals surface area contributed by atoms with Gasteiger partial charge in [0.1, 0.15) is 11.5 Å². The molecule has 0 spiro atoms. The van der Waals surface area contributed by atoms with E-state index < -0.39 is 6.10 Å². The minimum Gasteiger partial charge on any atom is -0.497 e. The van der Waals surface area contributed by atoms with E-state index in [2.05, 4.69) is 29.6 Å². The molecule has 0 saturated heterocycles. The number of amides is 1. The van der Waals surface area contributed by atoms with Gasteiger partial charge in [-0.3, -0.25) is 4.79 Å². The van der Waals surface area contributed by atoms with Gasteiger partial charge in [0, 0.05) is 0 Å². The lowest BCUT2D eigenvalue weighted by atomic mass is 9.87. The maximum Gasteiger partial charge on any atom is 0.261 e. The molecule has 29 heavy (non-hydrogen) atoms. The van der Waals surface area contributed by atoms with Crippen molar-refractivity contribution in [1.82, 2.24) is 5.32 Å². The first-order valence-corrected chi connectivity index (χ1v) is 10.9. The van der Waals surface area contributed by atoms with Gasteiger partial charge in [0.05, 0.1) is 13.2 Å². The summed E-state index contributed by atoms with van der Waals surface area (Å²) in [5.41, 5.74) is 5.27. The summed E-state index contributed by atoms with van der Waals surface area (Å²) in [7, 11) is 1.69. The van der Waals surface area contributed by atoms with E-state index in [9.17, 15) is 4.79 Å². The molecule has 2 aliphatic rings. The first-order valence-electron chi connectivity index (χ1n) is 10.9. The van der Waals surface area contributed by atoms with Crippen molar-refractivity contribution in [2.45, 2.75) is 70.4 Å². The van der Waals surface area contributed by atoms with Crippen LogP contribution in [0.25, 0.3) is 0 Å². The number of aryl methyl sites for hydroxylation is 3. The minimum atomic E-state index is -0.472. The highest BCUT2D eigenvalue weighted by molar-refractivity contribution is 5.81. The fourth-order valence-electron chi connectivity index (χ4n) is 4.60. The third-order valence-corrected chi connectivity index (χ3v) is 6.24. The van der Waals surface area contributed by atoms with Gasteiger partial charge in [0.2, 0.25) is 0 Å². The number of rotatable bonds is 6. The van der Waals surface area contributed by atoms with Crippen molar-refractivity contribution < 1.29 is 14.3 Å². The van der Waals surface area contributed by atoms with Crippen molar-refractivity contribution in [2.24, 2.45) is 0 Å². The Balaban J connectivity index is 1.45. The topological polar surface area (TPSA) is 47.6 Å². The van der Waals surface area contributed by atoms with E-state index in [1.54, 1.807) is 7.11 Å². The third kappa shape index (κ3) is 4.42. The summed E-state index contributed by atoms with van der Waals surface area (Å²) in [5.74, 6) is 1.65. The fraction of sp³-hybridized carbons (Fsp3) is 0.480. The molecule has 4 rings (SSSR count). The summed E-state index contributed by atoms with van der Waals surface area (Å²) in [4.78, 5) is 13.0. The molecule has 1 N–H and O–H groups in total. The highest BCUT2D eigenvalue weighted by Gasteiger charge is 2.26. The summed E-state index contributed by atoms with van der Waals surface area (Å²) >= 11 is 0. The molecule has 1 amide bonds. The predicted octanol–water partition coefficient (Wildman–Crippen LogP) is 4.93. The van der Waals surface area contributed by atoms with E-state index in [1.165, 1.54) is 35.1 Å². The Morgan fingerprint density at radius 3 is 2.52 bits per heavy atom. The number of methoxy groups -OCH3 is 1. The van der Waals surface area contributed by atoms with Gasteiger partial charge in [-0.2, -0.15) is 0 Å². The van der Waals surface area contributed by atoms with Crippen LogP contribution < -0.4 is 14.8 Å². The lowest BCUT2D eigenvalue weighted by molar-refractivity contribution is -0.129. The van der Waals surface area contributed by atoms with Gasteiger partial charge in [0.15, 0.2) is 6.10 Å². The number of fused-ring (bicyclic) bond motifs is 2. The monoisotopic (exact) mass is 393 g/mol. The number of carbonyl (C=O) groups is 1. The predicted molar refractivity (Wildman–Crippen MR) is 115 cm³/mol. The largest absolute Gasteiger partial charge is 0.497 e. The summed E-state index contributed by atoms with van der Waals surface area (Å²) in [6.07, 6.45) is 7.99. The molecular weight excluding hydrogens is 362 g/mol. The lowest BCUT2D eigenvalue weighted by Crippen LogP contribution is -2.41. The van der Waals surface area contributed by atoms with E-state index in [1.807, 2.05) is 19.1 Å². The molecule has 154 valence electrons. The number of ether oxygens (including phenoxy) is 2. The molecule has 2 atom stereocenters. The molecule has 0 fully saturated rings. The van der Waals surface area contributed by atoms with Gasteiger partial charge in [-0.25, -0.2) is 0 Å². The average molecular weight is 394 g/mol. The lowest BCUT2D eigenvalue weighted by Gasteiger charge is -2.28. The molecule has 2 aromatic rings. The summed E-state index contributed by atoms with van der Waals surface area (Å²) in [6.45, 7) is 2.00. The second-order valence-corrected chi connectivity index (χ2v) is 8.17. The molecular formula is C25H31NO3. The fourth-order valence-corrected chi connectivity index (χ4v) is 4.60. The molecule has 2 aromatic carbocycles. The van der Waals surface area contributed by atoms with Crippen molar-refractivity contribution >= 4 is 5.91 Å². The minimum absolute atomic E-state index is 0.0288. The quantitative estimate of drug-likeness (QED) is 0.757. The molecule has 0 aromatic heterocycles. The Bertz CT molecular complexity index is 876. The zero-order chi connectivity index (χ0) is 20.2. The van der Waals surface area contributed by atoms with E-state index in [0.717, 1.165) is 43.6 Å². The van der Waals surface area contributed by atoms with Crippen LogP contribution in [0.3, 0.4) is 0 Å². The van der Waals surface area contributed by atoms with Crippen LogP contribution in [0.5, 0.6) is 11.5 Å². The molecule has 4 heteroatoms. The third-order valence-electron chi connectivity index (χ3n) is 6.24. The number of carbonyl (C=O) groups excluding carboxylic acids is 1. The van der Waals surface area contributed by atoms with Gasteiger partial charge >= 0.3 is 0 Å². The Labute approximate surface area is 173 Å². The first kappa shape index (κ1) is 19.8. The van der Waals surface area contributed by atoms with Gasteiger partial charge < -0.3 is 14.8 Å². The van der Waals surface area contributed by atoms with Crippen LogP contribution in [0.1, 0.15) is 67.3 Å². The molecule has 0 aliphatic heterocycles. The van der Waals surface area contributed by atoms with Crippen LogP contribution in [0.2, 0.25) is 0 Å². The Kier molecular flexibility index (Phi) is 6.08. The first-order chi connectivity index (χ1) is 14.2. The molecule has 4 nitrogen and oxygen atoms in total. The molecule has 0 radical (unpaired) electrons. The number of hydrogen-bond donors (Lipinski definition) is 1. The zero-order valence-corrected chi connectivity index (χ0v) is 17.5. The second kappa shape index (κ2) is 8.89. The van der Waals surface area contributed by atoms with E-state index in [-0.39, 0.29) is 11.9 Å². The molecule has 0 unspecified atom stereocenters. The van der Waals surface area contributed by atoms with Crippen LogP contribution in [0, 0.1) is 0 Å². The van der Waals surface area contributed by atoms with Crippen molar-refractivity contribution in [1.29, 1.82) is 0 Å². The number of nitrogens with one attached hydrogen (secondary N) is 1. The summed E-state index contributed by atoms with van der Waals surface area (Å²) < 4.78 is 11.5. The maximum absolute atomic E-state index is 13.0. The molecule has 2 aliphatic carbocycles. The van der Waals surface area contributed by atoms with E-state index in [0.29, 0.717) is 6.42 Å². The van der Waals surface area contributed by atoms with Gasteiger partial charge in [-0.15, -0.1) is 0 Å². The second-order valence-electron chi connectivity index (χ2n) is 8.17. The van der Waals surface area contributed by atoms with Crippen LogP contribution in [0.15, 0.2) is 36.4 Å². The Morgan fingerprint density at radius 1 is 1.00 bits per heavy atom. The normalized spacial score (nSPS) is 18.9. The van der Waals surface area contributed by atoms with E-state index in [4.69, 9.17) is 9.47 Å². The van der Waals surface area contributed by atoms with Gasteiger partial charge in [0.25, 0.3) is 5.91 Å². The smallest absolute Gasteiger partial charge is 0.261 e. The zero-order valence-electron chi connectivity index (χ0n) is 17.5. The molecule has 0 heterocycles. The van der Waals surface area contributed by atoms with E-state index >= 15 is 0 Å². The molecule has 0 saturated carbocycles. The Hall–Kier alpha value is -2.49. The standard InChI is InChI=1S/C25H31NO3/c1-3-24(29-21-12-11-17-7-4-5-8-18(17)15-21)25(27)26-23-10-6-9-19-16-20(28-2)13-14-22(19)23/h11-16,23-24H,3-10H2,1-2H3,(H,26,27)/t23-,24+/m0/s1. The molecule has 0 bridgehead atoms. The highest BCUT2D eigenvalue weighted by Crippen LogP contribution is 2.32. The van der Waals surface area contributed by atoms with Crippen LogP contribution in [-0.4, -0.2) is 19.1 Å². The Morgan fingerprint density at radius 2 is 1.72 bits per heavy atom.